The van der Waals surface area contributed by atoms with Crippen LogP contribution < -0.4 is 5.73 Å². The Hall–Kier alpha value is -1.39. The van der Waals surface area contributed by atoms with Crippen LogP contribution in [-0.4, -0.2) is 55.5 Å². The Morgan fingerprint density at radius 3 is 2.61 bits per heavy atom. The van der Waals surface area contributed by atoms with Gasteiger partial charge < -0.3 is 10.6 Å². The zero-order valence-corrected chi connectivity index (χ0v) is 10.9. The number of nitrogens with two attached hydrogens (primary N) is 1. The molecular formula is C14H21N3O. The summed E-state index contributed by atoms with van der Waals surface area (Å²) in [4.78, 5) is 15.7. The highest BCUT2D eigenvalue weighted by Crippen LogP contribution is 2.16. The second-order valence-corrected chi connectivity index (χ2v) is 4.89. The summed E-state index contributed by atoms with van der Waals surface area (Å²) in [7, 11) is 1.86. The molecule has 1 aliphatic rings. The minimum Gasteiger partial charge on any atom is -0.343 e. The third kappa shape index (κ3) is 3.09. The van der Waals surface area contributed by atoms with Crippen molar-refractivity contribution < 1.29 is 4.79 Å². The monoisotopic (exact) mass is 247 g/mol. The third-order valence-corrected chi connectivity index (χ3v) is 3.57. The van der Waals surface area contributed by atoms with E-state index in [1.54, 1.807) is 4.90 Å². The topological polar surface area (TPSA) is 49.6 Å². The molecule has 0 saturated carbocycles. The van der Waals surface area contributed by atoms with E-state index in [1.165, 1.54) is 5.56 Å². The van der Waals surface area contributed by atoms with Crippen LogP contribution >= 0.6 is 0 Å². The van der Waals surface area contributed by atoms with Gasteiger partial charge in [-0.25, -0.2) is 0 Å². The van der Waals surface area contributed by atoms with Crippen LogP contribution in [0.4, 0.5) is 0 Å². The Bertz CT molecular complexity index is 393. The molecule has 1 fully saturated rings. The van der Waals surface area contributed by atoms with Crippen LogP contribution in [0.2, 0.25) is 0 Å². The first-order valence-electron chi connectivity index (χ1n) is 6.42. The first-order valence-corrected chi connectivity index (χ1v) is 6.42. The number of carbonyl (C=O) groups excluding carboxylic acids is 1. The molecule has 1 aromatic carbocycles. The average molecular weight is 247 g/mol. The molecule has 0 aromatic heterocycles. The summed E-state index contributed by atoms with van der Waals surface area (Å²) in [5, 5.41) is 0. The largest absolute Gasteiger partial charge is 0.343 e. The van der Waals surface area contributed by atoms with Crippen LogP contribution in [0.5, 0.6) is 0 Å². The van der Waals surface area contributed by atoms with E-state index in [0.717, 1.165) is 19.6 Å². The van der Waals surface area contributed by atoms with Crippen molar-refractivity contribution in [2.24, 2.45) is 5.73 Å². The smallest absolute Gasteiger partial charge is 0.236 e. The number of amides is 1. The predicted molar refractivity (Wildman–Crippen MR) is 72.3 cm³/mol. The van der Waals surface area contributed by atoms with Crippen LogP contribution in [0, 0.1) is 0 Å². The average Bonchev–Trinajstić information content (AvgIpc) is 2.41. The molecule has 0 radical (unpaired) electrons. The number of benzene rings is 1. The number of likely N-dealkylation sites (N-methyl/N-ethyl adjacent to an activating group) is 1. The number of hydrogen-bond acceptors (Lipinski definition) is 3. The molecule has 1 heterocycles. The van der Waals surface area contributed by atoms with Crippen LogP contribution in [0.25, 0.3) is 0 Å². The second kappa shape index (κ2) is 5.98. The van der Waals surface area contributed by atoms with Gasteiger partial charge in [-0.15, -0.1) is 0 Å². The van der Waals surface area contributed by atoms with Gasteiger partial charge in [-0.2, -0.15) is 0 Å². The fourth-order valence-corrected chi connectivity index (χ4v) is 2.32. The number of carbonyl (C=O) groups is 1. The van der Waals surface area contributed by atoms with Gasteiger partial charge in [0.15, 0.2) is 0 Å². The summed E-state index contributed by atoms with van der Waals surface area (Å²) in [6, 6.07) is 10.3. The fraction of sp³-hybridized carbons (Fsp3) is 0.500. The van der Waals surface area contributed by atoms with Crippen molar-refractivity contribution in [3.05, 3.63) is 35.9 Å². The van der Waals surface area contributed by atoms with Crippen LogP contribution in [0.1, 0.15) is 11.5 Å². The van der Waals surface area contributed by atoms with Crippen LogP contribution in [-0.2, 0) is 4.79 Å². The zero-order valence-electron chi connectivity index (χ0n) is 10.9. The van der Waals surface area contributed by atoms with E-state index in [0.29, 0.717) is 19.0 Å². The summed E-state index contributed by atoms with van der Waals surface area (Å²) < 4.78 is 0. The molecule has 1 aromatic rings. The molecule has 1 amide bonds. The van der Waals surface area contributed by atoms with Crippen molar-refractivity contribution in [2.75, 3.05) is 39.8 Å². The first-order chi connectivity index (χ1) is 8.70. The molecule has 4 heteroatoms. The molecule has 0 spiro atoms. The maximum absolute atomic E-state index is 11.7. The van der Waals surface area contributed by atoms with E-state index >= 15 is 0 Å². The highest BCUT2D eigenvalue weighted by molar-refractivity contribution is 5.78. The molecular weight excluding hydrogens is 226 g/mol. The van der Waals surface area contributed by atoms with Gasteiger partial charge in [0.05, 0.1) is 6.54 Å². The highest BCUT2D eigenvalue weighted by atomic mass is 16.2. The maximum atomic E-state index is 11.7. The lowest BCUT2D eigenvalue weighted by Crippen LogP contribution is -2.49. The molecule has 1 saturated heterocycles. The Kier molecular flexibility index (Phi) is 4.33. The molecule has 1 aliphatic heterocycles. The van der Waals surface area contributed by atoms with Crippen molar-refractivity contribution in [3.8, 4) is 0 Å². The van der Waals surface area contributed by atoms with E-state index in [2.05, 4.69) is 17.0 Å². The Balaban J connectivity index is 1.97. The molecule has 4 nitrogen and oxygen atoms in total. The van der Waals surface area contributed by atoms with Gasteiger partial charge in [0.25, 0.3) is 0 Å². The van der Waals surface area contributed by atoms with E-state index < -0.39 is 0 Å². The molecule has 2 N–H and O–H groups in total. The predicted octanol–water partition coefficient (Wildman–Crippen LogP) is 0.503. The molecule has 0 bridgehead atoms. The normalized spacial score (nSPS) is 19.0. The van der Waals surface area contributed by atoms with Gasteiger partial charge in [-0.05, 0) is 5.56 Å². The highest BCUT2D eigenvalue weighted by Gasteiger charge is 2.23. The van der Waals surface area contributed by atoms with Crippen molar-refractivity contribution in [1.29, 1.82) is 0 Å². The minimum atomic E-state index is 0.199. The molecule has 98 valence electrons. The molecule has 1 unspecified atom stereocenters. The number of nitrogens with zero attached hydrogens (tertiary/aromatic N) is 2. The van der Waals surface area contributed by atoms with E-state index in [9.17, 15) is 4.79 Å². The lowest BCUT2D eigenvalue weighted by atomic mass is 9.98. The summed E-state index contributed by atoms with van der Waals surface area (Å²) in [6.45, 7) is 3.74. The first kappa shape index (κ1) is 13.1. The Labute approximate surface area is 108 Å². The van der Waals surface area contributed by atoms with Gasteiger partial charge in [-0.1, -0.05) is 30.3 Å². The Morgan fingerprint density at radius 1 is 1.28 bits per heavy atom. The third-order valence-electron chi connectivity index (χ3n) is 3.57. The van der Waals surface area contributed by atoms with Crippen molar-refractivity contribution >= 4 is 5.91 Å². The number of rotatable bonds is 4. The lowest BCUT2D eigenvalue weighted by Gasteiger charge is -2.34. The van der Waals surface area contributed by atoms with Crippen molar-refractivity contribution in [2.45, 2.75) is 5.92 Å². The van der Waals surface area contributed by atoms with Crippen LogP contribution in [0.15, 0.2) is 30.3 Å². The van der Waals surface area contributed by atoms with E-state index in [4.69, 9.17) is 5.73 Å². The van der Waals surface area contributed by atoms with Gasteiger partial charge in [0.1, 0.15) is 0 Å². The molecule has 1 atom stereocenters. The van der Waals surface area contributed by atoms with E-state index in [-0.39, 0.29) is 5.91 Å². The lowest BCUT2D eigenvalue weighted by molar-refractivity contribution is -0.134. The summed E-state index contributed by atoms with van der Waals surface area (Å²) in [5.74, 6) is 0.507. The van der Waals surface area contributed by atoms with Gasteiger partial charge in [0, 0.05) is 39.1 Å². The van der Waals surface area contributed by atoms with Gasteiger partial charge >= 0.3 is 0 Å². The molecule has 18 heavy (non-hydrogen) atoms. The van der Waals surface area contributed by atoms with Gasteiger partial charge in [0.2, 0.25) is 5.91 Å². The van der Waals surface area contributed by atoms with Crippen molar-refractivity contribution in [1.82, 2.24) is 9.80 Å². The van der Waals surface area contributed by atoms with E-state index in [1.807, 2.05) is 25.2 Å². The SMILES string of the molecule is CN1CCN(CC(CN)c2ccccc2)CC1=O. The quantitative estimate of drug-likeness (QED) is 0.843. The van der Waals surface area contributed by atoms with Gasteiger partial charge in [-0.3, -0.25) is 9.69 Å². The second-order valence-electron chi connectivity index (χ2n) is 4.89. The number of piperazine rings is 1. The Morgan fingerprint density at radius 2 is 2.00 bits per heavy atom. The van der Waals surface area contributed by atoms with Crippen molar-refractivity contribution in [3.63, 3.8) is 0 Å². The summed E-state index contributed by atoms with van der Waals surface area (Å²) in [6.07, 6.45) is 0. The number of hydrogen-bond donors (Lipinski definition) is 1. The summed E-state index contributed by atoms with van der Waals surface area (Å²) >= 11 is 0. The zero-order chi connectivity index (χ0) is 13.0. The molecule has 0 aliphatic carbocycles. The van der Waals surface area contributed by atoms with Crippen LogP contribution in [0.3, 0.4) is 0 Å². The maximum Gasteiger partial charge on any atom is 0.236 e. The minimum absolute atomic E-state index is 0.199. The fourth-order valence-electron chi connectivity index (χ4n) is 2.32. The molecule has 2 rings (SSSR count). The standard InChI is InChI=1S/C14H21N3O/c1-16-7-8-17(11-14(16)18)10-13(9-15)12-5-3-2-4-6-12/h2-6,13H,7-11,15H2,1H3. The summed E-state index contributed by atoms with van der Waals surface area (Å²) in [5.41, 5.74) is 7.12.